The molecule has 0 amide bonds. The SMILES string of the molecule is COc1cc(/C=C\c2cc(N)c(OC)c(O)c2)cc(OC)c1OC. The van der Waals surface area contributed by atoms with Crippen molar-refractivity contribution in [2.75, 3.05) is 34.2 Å². The summed E-state index contributed by atoms with van der Waals surface area (Å²) in [6.45, 7) is 0. The van der Waals surface area contributed by atoms with Crippen LogP contribution in [0.1, 0.15) is 11.1 Å². The molecule has 0 aromatic heterocycles. The number of nitrogens with two attached hydrogens (primary N) is 1. The van der Waals surface area contributed by atoms with Gasteiger partial charge in [-0.1, -0.05) is 12.2 Å². The van der Waals surface area contributed by atoms with E-state index in [-0.39, 0.29) is 11.5 Å². The molecule has 0 radical (unpaired) electrons. The van der Waals surface area contributed by atoms with Crippen LogP contribution >= 0.6 is 0 Å². The average Bonchev–Trinajstić information content (AvgIpc) is 2.58. The maximum Gasteiger partial charge on any atom is 0.203 e. The van der Waals surface area contributed by atoms with Crippen molar-refractivity contribution in [1.82, 2.24) is 0 Å². The lowest BCUT2D eigenvalue weighted by atomic mass is 10.1. The number of phenols is 1. The number of nitrogen functional groups attached to an aromatic ring is 1. The van der Waals surface area contributed by atoms with Crippen LogP contribution in [0.5, 0.6) is 28.7 Å². The Morgan fingerprint density at radius 1 is 0.750 bits per heavy atom. The van der Waals surface area contributed by atoms with E-state index in [1.165, 1.54) is 7.11 Å². The molecule has 2 aromatic rings. The molecule has 0 aliphatic carbocycles. The van der Waals surface area contributed by atoms with Crippen LogP contribution in [0.15, 0.2) is 24.3 Å². The molecule has 0 heterocycles. The van der Waals surface area contributed by atoms with Crippen LogP contribution < -0.4 is 24.7 Å². The van der Waals surface area contributed by atoms with E-state index in [0.717, 1.165) is 11.1 Å². The van der Waals surface area contributed by atoms with E-state index < -0.39 is 0 Å². The van der Waals surface area contributed by atoms with Crippen LogP contribution in [0, 0.1) is 0 Å². The Morgan fingerprint density at radius 3 is 1.67 bits per heavy atom. The van der Waals surface area contributed by atoms with Gasteiger partial charge in [0.2, 0.25) is 5.75 Å². The topological polar surface area (TPSA) is 83.2 Å². The number of methoxy groups -OCH3 is 4. The van der Waals surface area contributed by atoms with Crippen molar-refractivity contribution in [3.63, 3.8) is 0 Å². The fraction of sp³-hybridized carbons (Fsp3) is 0.222. The van der Waals surface area contributed by atoms with Gasteiger partial charge >= 0.3 is 0 Å². The van der Waals surface area contributed by atoms with Crippen molar-refractivity contribution in [3.8, 4) is 28.7 Å². The standard InChI is InChI=1S/C18H21NO5/c1-21-15-9-12(10-16(22-2)18(15)24-4)6-5-11-7-13(19)17(23-3)14(20)8-11/h5-10,20H,19H2,1-4H3/b6-5-. The number of hydrogen-bond donors (Lipinski definition) is 2. The van der Waals surface area contributed by atoms with Gasteiger partial charge in [0.25, 0.3) is 0 Å². The molecule has 0 bridgehead atoms. The maximum absolute atomic E-state index is 9.91. The lowest BCUT2D eigenvalue weighted by molar-refractivity contribution is 0.324. The Bertz CT molecular complexity index is 707. The minimum Gasteiger partial charge on any atom is -0.504 e. The second kappa shape index (κ2) is 7.50. The zero-order valence-corrected chi connectivity index (χ0v) is 14.1. The molecule has 6 heteroatoms. The predicted octanol–water partition coefficient (Wildman–Crippen LogP) is 3.18. The Balaban J connectivity index is 2.39. The van der Waals surface area contributed by atoms with Crippen molar-refractivity contribution in [2.24, 2.45) is 0 Å². The number of anilines is 1. The molecule has 0 aliphatic heterocycles. The van der Waals surface area contributed by atoms with E-state index in [2.05, 4.69) is 0 Å². The third-order valence-corrected chi connectivity index (χ3v) is 3.48. The van der Waals surface area contributed by atoms with Gasteiger partial charge in [0.1, 0.15) is 0 Å². The molecule has 128 valence electrons. The third kappa shape index (κ3) is 3.48. The van der Waals surface area contributed by atoms with E-state index in [1.54, 1.807) is 33.5 Å². The lowest BCUT2D eigenvalue weighted by Gasteiger charge is -2.13. The molecule has 0 aliphatic rings. The van der Waals surface area contributed by atoms with Gasteiger partial charge in [0.15, 0.2) is 23.0 Å². The van der Waals surface area contributed by atoms with Gasteiger partial charge in [-0.25, -0.2) is 0 Å². The van der Waals surface area contributed by atoms with Crippen LogP contribution in [0.2, 0.25) is 0 Å². The fourth-order valence-electron chi connectivity index (χ4n) is 2.37. The van der Waals surface area contributed by atoms with Gasteiger partial charge in [-0.2, -0.15) is 0 Å². The summed E-state index contributed by atoms with van der Waals surface area (Å²) in [5.74, 6) is 1.91. The van der Waals surface area contributed by atoms with Crippen molar-refractivity contribution >= 4 is 17.8 Å². The number of rotatable bonds is 6. The van der Waals surface area contributed by atoms with Crippen molar-refractivity contribution in [3.05, 3.63) is 35.4 Å². The first kappa shape index (κ1) is 17.3. The van der Waals surface area contributed by atoms with E-state index in [9.17, 15) is 5.11 Å². The molecule has 3 N–H and O–H groups in total. The van der Waals surface area contributed by atoms with E-state index in [1.807, 2.05) is 24.3 Å². The molecule has 0 atom stereocenters. The highest BCUT2D eigenvalue weighted by molar-refractivity contribution is 5.76. The number of ether oxygens (including phenoxy) is 4. The Labute approximate surface area is 141 Å². The molecular formula is C18H21NO5. The first-order valence-electron chi connectivity index (χ1n) is 7.18. The highest BCUT2D eigenvalue weighted by atomic mass is 16.5. The number of hydrogen-bond acceptors (Lipinski definition) is 6. The number of aromatic hydroxyl groups is 1. The minimum absolute atomic E-state index is 0.0120. The maximum atomic E-state index is 9.91. The molecule has 0 saturated heterocycles. The van der Waals surface area contributed by atoms with Crippen LogP contribution in [-0.4, -0.2) is 33.5 Å². The van der Waals surface area contributed by atoms with Crippen LogP contribution in [0.3, 0.4) is 0 Å². The normalized spacial score (nSPS) is 10.7. The Hall–Kier alpha value is -3.02. The third-order valence-electron chi connectivity index (χ3n) is 3.48. The summed E-state index contributed by atoms with van der Waals surface area (Å²) in [6.07, 6.45) is 3.67. The minimum atomic E-state index is -0.0120. The average molecular weight is 331 g/mol. The predicted molar refractivity (Wildman–Crippen MR) is 94.1 cm³/mol. The quantitative estimate of drug-likeness (QED) is 0.625. The van der Waals surface area contributed by atoms with Crippen molar-refractivity contribution in [2.45, 2.75) is 0 Å². The zero-order chi connectivity index (χ0) is 17.7. The van der Waals surface area contributed by atoms with Crippen LogP contribution in [-0.2, 0) is 0 Å². The summed E-state index contributed by atoms with van der Waals surface area (Å²) >= 11 is 0. The van der Waals surface area contributed by atoms with E-state index in [0.29, 0.717) is 22.9 Å². The molecule has 0 saturated carbocycles. The number of benzene rings is 2. The fourth-order valence-corrected chi connectivity index (χ4v) is 2.37. The van der Waals surface area contributed by atoms with E-state index >= 15 is 0 Å². The molecule has 0 unspecified atom stereocenters. The highest BCUT2D eigenvalue weighted by Crippen LogP contribution is 2.39. The van der Waals surface area contributed by atoms with Gasteiger partial charge in [0.05, 0.1) is 34.1 Å². The summed E-state index contributed by atoms with van der Waals surface area (Å²) in [5.41, 5.74) is 7.80. The van der Waals surface area contributed by atoms with Gasteiger partial charge in [-0.15, -0.1) is 0 Å². The Morgan fingerprint density at radius 2 is 1.25 bits per heavy atom. The van der Waals surface area contributed by atoms with Crippen molar-refractivity contribution in [1.29, 1.82) is 0 Å². The second-order valence-corrected chi connectivity index (χ2v) is 4.95. The molecule has 2 aromatic carbocycles. The van der Waals surface area contributed by atoms with Crippen molar-refractivity contribution < 1.29 is 24.1 Å². The lowest BCUT2D eigenvalue weighted by Crippen LogP contribution is -1.95. The number of phenolic OH excluding ortho intramolecular Hbond substituents is 1. The van der Waals surface area contributed by atoms with Crippen LogP contribution in [0.25, 0.3) is 12.2 Å². The zero-order valence-electron chi connectivity index (χ0n) is 14.1. The largest absolute Gasteiger partial charge is 0.504 e. The molecular weight excluding hydrogens is 310 g/mol. The van der Waals surface area contributed by atoms with Crippen LogP contribution in [0.4, 0.5) is 5.69 Å². The van der Waals surface area contributed by atoms with E-state index in [4.69, 9.17) is 24.7 Å². The summed E-state index contributed by atoms with van der Waals surface area (Å²) < 4.78 is 21.0. The second-order valence-electron chi connectivity index (χ2n) is 4.95. The summed E-state index contributed by atoms with van der Waals surface area (Å²) in [4.78, 5) is 0. The van der Waals surface area contributed by atoms with Gasteiger partial charge < -0.3 is 29.8 Å². The van der Waals surface area contributed by atoms with Gasteiger partial charge in [0, 0.05) is 0 Å². The first-order chi connectivity index (χ1) is 11.5. The van der Waals surface area contributed by atoms with Gasteiger partial charge in [-0.3, -0.25) is 0 Å². The first-order valence-corrected chi connectivity index (χ1v) is 7.18. The van der Waals surface area contributed by atoms with Gasteiger partial charge in [-0.05, 0) is 35.4 Å². The molecule has 2 rings (SSSR count). The molecule has 6 nitrogen and oxygen atoms in total. The highest BCUT2D eigenvalue weighted by Gasteiger charge is 2.12. The Kier molecular flexibility index (Phi) is 5.42. The molecule has 0 spiro atoms. The summed E-state index contributed by atoms with van der Waals surface area (Å²) in [5, 5.41) is 9.91. The summed E-state index contributed by atoms with van der Waals surface area (Å²) in [6, 6.07) is 6.94. The molecule has 24 heavy (non-hydrogen) atoms. The smallest absolute Gasteiger partial charge is 0.203 e. The monoisotopic (exact) mass is 331 g/mol. The molecule has 0 fully saturated rings. The summed E-state index contributed by atoms with van der Waals surface area (Å²) in [7, 11) is 6.13.